The van der Waals surface area contributed by atoms with Crippen molar-refractivity contribution in [2.75, 3.05) is 19.6 Å². The molecule has 1 heterocycles. The first-order chi connectivity index (χ1) is 9.41. The fraction of sp³-hybridized carbons (Fsp3) is 0.667. The number of nitrogens with zero attached hydrogens (tertiary/aromatic N) is 1. The topological polar surface area (TPSA) is 29.3 Å². The predicted molar refractivity (Wildman–Crippen MR) is 86.7 cm³/mol. The number of aryl methyl sites for hydroxylation is 1. The summed E-state index contributed by atoms with van der Waals surface area (Å²) in [5.41, 5.74) is 9.17. The van der Waals surface area contributed by atoms with Gasteiger partial charge in [-0.25, -0.2) is 0 Å². The predicted octanol–water partition coefficient (Wildman–Crippen LogP) is 3.75. The Morgan fingerprint density at radius 3 is 2.15 bits per heavy atom. The van der Waals surface area contributed by atoms with Gasteiger partial charge in [0.25, 0.3) is 0 Å². The van der Waals surface area contributed by atoms with Crippen LogP contribution in [0.4, 0.5) is 0 Å². The molecule has 1 fully saturated rings. The van der Waals surface area contributed by atoms with Crippen molar-refractivity contribution in [1.82, 2.24) is 4.90 Å². The summed E-state index contributed by atoms with van der Waals surface area (Å²) in [5.74, 6) is 0.843. The molecule has 1 aliphatic rings. The minimum atomic E-state index is 0.386. The van der Waals surface area contributed by atoms with Crippen LogP contribution in [0.5, 0.6) is 0 Å². The molecule has 2 nitrogen and oxygen atoms in total. The van der Waals surface area contributed by atoms with Crippen LogP contribution in [0, 0.1) is 18.3 Å². The summed E-state index contributed by atoms with van der Waals surface area (Å²) in [6.45, 7) is 12.3. The van der Waals surface area contributed by atoms with Gasteiger partial charge in [-0.2, -0.15) is 0 Å². The largest absolute Gasteiger partial charge is 0.329 e. The van der Waals surface area contributed by atoms with Crippen molar-refractivity contribution >= 4 is 0 Å². The third kappa shape index (κ3) is 3.62. The average Bonchev–Trinajstić information content (AvgIpc) is 2.41. The molecular weight excluding hydrogens is 244 g/mol. The molecule has 0 spiro atoms. The highest BCUT2D eigenvalue weighted by Crippen LogP contribution is 2.36. The molecule has 1 saturated heterocycles. The van der Waals surface area contributed by atoms with Gasteiger partial charge in [-0.05, 0) is 49.8 Å². The van der Waals surface area contributed by atoms with E-state index in [1.165, 1.54) is 37.1 Å². The van der Waals surface area contributed by atoms with E-state index in [4.69, 9.17) is 5.73 Å². The number of rotatable bonds is 3. The van der Waals surface area contributed by atoms with Gasteiger partial charge in [0, 0.05) is 12.6 Å². The Balaban J connectivity index is 2.02. The highest BCUT2D eigenvalue weighted by Gasteiger charge is 2.31. The van der Waals surface area contributed by atoms with Crippen molar-refractivity contribution in [3.63, 3.8) is 0 Å². The first-order valence-corrected chi connectivity index (χ1v) is 7.92. The van der Waals surface area contributed by atoms with Crippen LogP contribution in [0.15, 0.2) is 24.3 Å². The van der Waals surface area contributed by atoms with E-state index < -0.39 is 0 Å². The van der Waals surface area contributed by atoms with Crippen molar-refractivity contribution in [2.24, 2.45) is 17.1 Å². The zero-order chi connectivity index (χ0) is 14.8. The van der Waals surface area contributed by atoms with E-state index in [0.717, 1.165) is 5.92 Å². The van der Waals surface area contributed by atoms with Gasteiger partial charge in [0.05, 0.1) is 0 Å². The van der Waals surface area contributed by atoms with E-state index in [-0.39, 0.29) is 0 Å². The second-order valence-electron chi connectivity index (χ2n) is 7.34. The quantitative estimate of drug-likeness (QED) is 0.909. The highest BCUT2D eigenvalue weighted by molar-refractivity contribution is 5.24. The normalized spacial score (nSPS) is 20.1. The Morgan fingerprint density at radius 1 is 1.15 bits per heavy atom. The molecule has 0 aliphatic carbocycles. The van der Waals surface area contributed by atoms with Gasteiger partial charge in [0.15, 0.2) is 0 Å². The monoisotopic (exact) mass is 274 g/mol. The molecule has 1 aromatic carbocycles. The van der Waals surface area contributed by atoms with Gasteiger partial charge >= 0.3 is 0 Å². The zero-order valence-electron chi connectivity index (χ0n) is 13.5. The molecule has 112 valence electrons. The molecule has 0 saturated carbocycles. The number of nitrogens with two attached hydrogens (primary N) is 1. The Labute approximate surface area is 124 Å². The second kappa shape index (κ2) is 6.28. The summed E-state index contributed by atoms with van der Waals surface area (Å²) in [5, 5.41) is 0. The summed E-state index contributed by atoms with van der Waals surface area (Å²) < 4.78 is 0. The number of likely N-dealkylation sites (tertiary alicyclic amines) is 1. The average molecular weight is 274 g/mol. The Bertz CT molecular complexity index is 408. The number of hydrogen-bond acceptors (Lipinski definition) is 2. The lowest BCUT2D eigenvalue weighted by atomic mass is 9.75. The first-order valence-electron chi connectivity index (χ1n) is 7.92. The molecule has 2 N–H and O–H groups in total. The Morgan fingerprint density at radius 2 is 1.70 bits per heavy atom. The van der Waals surface area contributed by atoms with Crippen LogP contribution in [0.3, 0.4) is 0 Å². The van der Waals surface area contributed by atoms with E-state index in [2.05, 4.69) is 56.9 Å². The van der Waals surface area contributed by atoms with Gasteiger partial charge < -0.3 is 5.73 Å². The molecular formula is C18H30N2. The summed E-state index contributed by atoms with van der Waals surface area (Å²) in [6, 6.07) is 9.25. The van der Waals surface area contributed by atoms with Crippen LogP contribution in [-0.4, -0.2) is 24.5 Å². The van der Waals surface area contributed by atoms with Crippen LogP contribution in [0.2, 0.25) is 0 Å². The van der Waals surface area contributed by atoms with Crippen LogP contribution in [0.1, 0.15) is 50.8 Å². The molecule has 0 radical (unpaired) electrons. The van der Waals surface area contributed by atoms with Crippen molar-refractivity contribution < 1.29 is 0 Å². The minimum absolute atomic E-state index is 0.386. The van der Waals surface area contributed by atoms with Crippen molar-refractivity contribution in [2.45, 2.75) is 46.6 Å². The molecule has 1 unspecified atom stereocenters. The third-order valence-corrected chi connectivity index (χ3v) is 4.88. The molecule has 20 heavy (non-hydrogen) atoms. The first kappa shape index (κ1) is 15.5. The standard InChI is InChI=1S/C18H30N2/c1-14-5-7-15(8-6-14)17(13-19)20-11-9-16(10-12-20)18(2,3)4/h5-8,16-17H,9-13,19H2,1-4H3. The number of piperidine rings is 1. The SMILES string of the molecule is Cc1ccc(C(CN)N2CCC(C(C)(C)C)CC2)cc1. The zero-order valence-corrected chi connectivity index (χ0v) is 13.5. The van der Waals surface area contributed by atoms with Crippen LogP contribution >= 0.6 is 0 Å². The number of benzene rings is 1. The lowest BCUT2D eigenvalue weighted by molar-refractivity contribution is 0.0846. The van der Waals surface area contributed by atoms with Gasteiger partial charge in [-0.1, -0.05) is 50.6 Å². The maximum atomic E-state index is 6.05. The molecule has 0 aromatic heterocycles. The lowest BCUT2D eigenvalue weighted by Gasteiger charge is -2.41. The minimum Gasteiger partial charge on any atom is -0.329 e. The highest BCUT2D eigenvalue weighted by atomic mass is 15.2. The van der Waals surface area contributed by atoms with E-state index in [9.17, 15) is 0 Å². The Kier molecular flexibility index (Phi) is 4.87. The van der Waals surface area contributed by atoms with E-state index in [0.29, 0.717) is 18.0 Å². The molecule has 2 heteroatoms. The van der Waals surface area contributed by atoms with Crippen LogP contribution in [0.25, 0.3) is 0 Å². The van der Waals surface area contributed by atoms with Crippen molar-refractivity contribution in [3.05, 3.63) is 35.4 Å². The molecule has 1 aromatic rings. The van der Waals surface area contributed by atoms with Gasteiger partial charge in [-0.3, -0.25) is 4.90 Å². The van der Waals surface area contributed by atoms with E-state index in [1.54, 1.807) is 0 Å². The number of hydrogen-bond donors (Lipinski definition) is 1. The molecule has 1 atom stereocenters. The molecule has 1 aliphatic heterocycles. The third-order valence-electron chi connectivity index (χ3n) is 4.88. The smallest absolute Gasteiger partial charge is 0.0470 e. The van der Waals surface area contributed by atoms with Gasteiger partial charge in [-0.15, -0.1) is 0 Å². The second-order valence-corrected chi connectivity index (χ2v) is 7.34. The van der Waals surface area contributed by atoms with E-state index >= 15 is 0 Å². The molecule has 0 amide bonds. The lowest BCUT2D eigenvalue weighted by Crippen LogP contribution is -2.42. The van der Waals surface area contributed by atoms with Crippen molar-refractivity contribution in [3.8, 4) is 0 Å². The maximum absolute atomic E-state index is 6.05. The fourth-order valence-corrected chi connectivity index (χ4v) is 3.36. The van der Waals surface area contributed by atoms with Crippen LogP contribution in [-0.2, 0) is 0 Å². The summed E-state index contributed by atoms with van der Waals surface area (Å²) in [7, 11) is 0. The Hall–Kier alpha value is -0.860. The van der Waals surface area contributed by atoms with Crippen LogP contribution < -0.4 is 5.73 Å². The van der Waals surface area contributed by atoms with E-state index in [1.807, 2.05) is 0 Å². The van der Waals surface area contributed by atoms with Gasteiger partial charge in [0.1, 0.15) is 0 Å². The maximum Gasteiger partial charge on any atom is 0.0470 e. The summed E-state index contributed by atoms with van der Waals surface area (Å²) >= 11 is 0. The molecule has 2 rings (SSSR count). The molecule has 0 bridgehead atoms. The van der Waals surface area contributed by atoms with Crippen molar-refractivity contribution in [1.29, 1.82) is 0 Å². The summed E-state index contributed by atoms with van der Waals surface area (Å²) in [6.07, 6.45) is 2.59. The fourth-order valence-electron chi connectivity index (χ4n) is 3.36. The summed E-state index contributed by atoms with van der Waals surface area (Å²) in [4.78, 5) is 2.58. The van der Waals surface area contributed by atoms with Gasteiger partial charge in [0.2, 0.25) is 0 Å².